The zero-order valence-electron chi connectivity index (χ0n) is 12.8. The van der Waals surface area contributed by atoms with Gasteiger partial charge in [-0.3, -0.25) is 4.79 Å². The Bertz CT molecular complexity index is 929. The standard InChI is InChI=1S/C18H15NO3S/c1-11-9-17(20)22-16-10-13(5-8-15(11)16)19-18(21)12-3-6-14(23-2)7-4-12/h3-10H,1-2H3,(H,19,21). The molecule has 1 N–H and O–H groups in total. The second-order valence-electron chi connectivity index (χ2n) is 5.14. The van der Waals surface area contributed by atoms with E-state index in [1.807, 2.05) is 31.4 Å². The maximum Gasteiger partial charge on any atom is 0.336 e. The third-order valence-electron chi connectivity index (χ3n) is 3.56. The molecule has 0 atom stereocenters. The van der Waals surface area contributed by atoms with Gasteiger partial charge >= 0.3 is 5.63 Å². The molecule has 23 heavy (non-hydrogen) atoms. The minimum atomic E-state index is -0.397. The van der Waals surface area contributed by atoms with Crippen LogP contribution in [-0.4, -0.2) is 12.2 Å². The number of benzene rings is 2. The number of anilines is 1. The van der Waals surface area contributed by atoms with Crippen LogP contribution in [0.15, 0.2) is 62.6 Å². The van der Waals surface area contributed by atoms with E-state index in [2.05, 4.69) is 5.32 Å². The van der Waals surface area contributed by atoms with Crippen molar-refractivity contribution in [2.24, 2.45) is 0 Å². The number of rotatable bonds is 3. The monoisotopic (exact) mass is 325 g/mol. The first-order valence-corrected chi connectivity index (χ1v) is 8.29. The first-order valence-electron chi connectivity index (χ1n) is 7.07. The van der Waals surface area contributed by atoms with E-state index in [9.17, 15) is 9.59 Å². The molecule has 1 aromatic heterocycles. The SMILES string of the molecule is CSc1ccc(C(=O)Nc2ccc3c(C)cc(=O)oc3c2)cc1. The Morgan fingerprint density at radius 3 is 2.52 bits per heavy atom. The van der Waals surface area contributed by atoms with Crippen LogP contribution in [0.3, 0.4) is 0 Å². The molecule has 0 unspecified atom stereocenters. The molecule has 0 aliphatic carbocycles. The number of fused-ring (bicyclic) bond motifs is 1. The summed E-state index contributed by atoms with van der Waals surface area (Å²) in [6.45, 7) is 1.85. The normalized spacial score (nSPS) is 10.7. The lowest BCUT2D eigenvalue weighted by atomic mass is 10.1. The topological polar surface area (TPSA) is 59.3 Å². The average molecular weight is 325 g/mol. The second kappa shape index (κ2) is 6.30. The van der Waals surface area contributed by atoms with E-state index in [-0.39, 0.29) is 5.91 Å². The van der Waals surface area contributed by atoms with E-state index in [1.165, 1.54) is 6.07 Å². The zero-order chi connectivity index (χ0) is 16.4. The predicted molar refractivity (Wildman–Crippen MR) is 93.4 cm³/mol. The number of hydrogen-bond acceptors (Lipinski definition) is 4. The summed E-state index contributed by atoms with van der Waals surface area (Å²) in [6, 6.07) is 14.1. The van der Waals surface area contributed by atoms with Crippen molar-refractivity contribution in [1.82, 2.24) is 0 Å². The van der Waals surface area contributed by atoms with E-state index >= 15 is 0 Å². The minimum Gasteiger partial charge on any atom is -0.423 e. The van der Waals surface area contributed by atoms with E-state index in [0.29, 0.717) is 16.8 Å². The molecule has 1 amide bonds. The lowest BCUT2D eigenvalue weighted by Crippen LogP contribution is -2.11. The molecule has 0 aliphatic heterocycles. The third kappa shape index (κ3) is 3.29. The highest BCUT2D eigenvalue weighted by Gasteiger charge is 2.08. The fourth-order valence-electron chi connectivity index (χ4n) is 2.35. The van der Waals surface area contributed by atoms with Crippen LogP contribution in [0.4, 0.5) is 5.69 Å². The Morgan fingerprint density at radius 1 is 1.09 bits per heavy atom. The van der Waals surface area contributed by atoms with Gasteiger partial charge in [-0.25, -0.2) is 4.79 Å². The second-order valence-corrected chi connectivity index (χ2v) is 6.02. The quantitative estimate of drug-likeness (QED) is 0.582. The minimum absolute atomic E-state index is 0.202. The van der Waals surface area contributed by atoms with Crippen molar-refractivity contribution in [2.45, 2.75) is 11.8 Å². The van der Waals surface area contributed by atoms with Crippen LogP contribution >= 0.6 is 11.8 Å². The van der Waals surface area contributed by atoms with Gasteiger partial charge in [0.15, 0.2) is 0 Å². The lowest BCUT2D eigenvalue weighted by molar-refractivity contribution is 0.102. The summed E-state index contributed by atoms with van der Waals surface area (Å²) in [5.41, 5.74) is 2.08. The van der Waals surface area contributed by atoms with E-state index in [0.717, 1.165) is 15.8 Å². The Balaban J connectivity index is 1.88. The van der Waals surface area contributed by atoms with Crippen molar-refractivity contribution in [3.63, 3.8) is 0 Å². The Morgan fingerprint density at radius 2 is 1.83 bits per heavy atom. The van der Waals surface area contributed by atoms with Gasteiger partial charge in [0.05, 0.1) is 0 Å². The summed E-state index contributed by atoms with van der Waals surface area (Å²) in [5, 5.41) is 3.67. The van der Waals surface area contributed by atoms with Gasteiger partial charge in [-0.05, 0) is 55.1 Å². The molecule has 2 aromatic carbocycles. The number of hydrogen-bond donors (Lipinski definition) is 1. The zero-order valence-corrected chi connectivity index (χ0v) is 13.6. The summed E-state index contributed by atoms with van der Waals surface area (Å²) < 4.78 is 5.19. The summed E-state index contributed by atoms with van der Waals surface area (Å²) in [4.78, 5) is 24.8. The van der Waals surface area contributed by atoms with Gasteiger partial charge in [-0.1, -0.05) is 0 Å². The lowest BCUT2D eigenvalue weighted by Gasteiger charge is -2.07. The molecule has 1 heterocycles. The molecule has 4 nitrogen and oxygen atoms in total. The van der Waals surface area contributed by atoms with Crippen LogP contribution in [0, 0.1) is 6.92 Å². The molecule has 0 fully saturated rings. The summed E-state index contributed by atoms with van der Waals surface area (Å²) in [7, 11) is 0. The van der Waals surface area contributed by atoms with Crippen LogP contribution in [0.25, 0.3) is 11.0 Å². The van der Waals surface area contributed by atoms with Crippen LogP contribution in [0.2, 0.25) is 0 Å². The van der Waals surface area contributed by atoms with Crippen molar-refractivity contribution < 1.29 is 9.21 Å². The maximum atomic E-state index is 12.3. The van der Waals surface area contributed by atoms with E-state index in [4.69, 9.17) is 4.42 Å². The molecule has 5 heteroatoms. The third-order valence-corrected chi connectivity index (χ3v) is 4.31. The molecule has 0 aliphatic rings. The van der Waals surface area contributed by atoms with Crippen LogP contribution in [-0.2, 0) is 0 Å². The van der Waals surface area contributed by atoms with Gasteiger partial charge in [-0.2, -0.15) is 0 Å². The van der Waals surface area contributed by atoms with Gasteiger partial charge in [0.1, 0.15) is 5.58 Å². The molecule has 0 saturated carbocycles. The number of thioether (sulfide) groups is 1. The summed E-state index contributed by atoms with van der Waals surface area (Å²) in [5.74, 6) is -0.202. The average Bonchev–Trinajstić information content (AvgIpc) is 2.54. The van der Waals surface area contributed by atoms with E-state index < -0.39 is 5.63 Å². The van der Waals surface area contributed by atoms with Crippen LogP contribution in [0.5, 0.6) is 0 Å². The molecular formula is C18H15NO3S. The first-order chi connectivity index (χ1) is 11.1. The predicted octanol–water partition coefficient (Wildman–Crippen LogP) is 4.08. The Kier molecular flexibility index (Phi) is 4.21. The molecule has 0 spiro atoms. The maximum absolute atomic E-state index is 12.3. The molecule has 116 valence electrons. The van der Waals surface area contributed by atoms with Gasteiger partial charge < -0.3 is 9.73 Å². The van der Waals surface area contributed by atoms with Gasteiger partial charge in [0, 0.05) is 33.7 Å². The van der Waals surface area contributed by atoms with Crippen molar-refractivity contribution in [2.75, 3.05) is 11.6 Å². The number of carbonyl (C=O) groups is 1. The fraction of sp³-hybridized carbons (Fsp3) is 0.111. The van der Waals surface area contributed by atoms with Gasteiger partial charge in [0.25, 0.3) is 5.91 Å². The van der Waals surface area contributed by atoms with Crippen LogP contribution in [0.1, 0.15) is 15.9 Å². The molecular weight excluding hydrogens is 310 g/mol. The molecule has 0 bridgehead atoms. The molecule has 0 radical (unpaired) electrons. The number of nitrogens with one attached hydrogen (secondary N) is 1. The number of aryl methyl sites for hydroxylation is 1. The Labute approximate surface area is 137 Å². The van der Waals surface area contributed by atoms with Crippen molar-refractivity contribution >= 4 is 34.3 Å². The highest BCUT2D eigenvalue weighted by atomic mass is 32.2. The fourth-order valence-corrected chi connectivity index (χ4v) is 2.76. The smallest absolute Gasteiger partial charge is 0.336 e. The number of carbonyl (C=O) groups excluding carboxylic acids is 1. The van der Waals surface area contributed by atoms with Crippen LogP contribution < -0.4 is 10.9 Å². The molecule has 3 rings (SSSR count). The number of amides is 1. The van der Waals surface area contributed by atoms with E-state index in [1.54, 1.807) is 36.0 Å². The van der Waals surface area contributed by atoms with Gasteiger partial charge in [0.2, 0.25) is 0 Å². The first kappa shape index (κ1) is 15.4. The highest BCUT2D eigenvalue weighted by molar-refractivity contribution is 7.98. The van der Waals surface area contributed by atoms with Crippen molar-refractivity contribution in [1.29, 1.82) is 0 Å². The van der Waals surface area contributed by atoms with Gasteiger partial charge in [-0.15, -0.1) is 11.8 Å². The van der Waals surface area contributed by atoms with Crippen molar-refractivity contribution in [3.8, 4) is 0 Å². The largest absolute Gasteiger partial charge is 0.423 e. The van der Waals surface area contributed by atoms with Crippen molar-refractivity contribution in [3.05, 3.63) is 70.1 Å². The Hall–Kier alpha value is -2.53. The molecule has 3 aromatic rings. The molecule has 0 saturated heterocycles. The summed E-state index contributed by atoms with van der Waals surface area (Å²) in [6.07, 6.45) is 1.99. The highest BCUT2D eigenvalue weighted by Crippen LogP contribution is 2.21. The summed E-state index contributed by atoms with van der Waals surface area (Å²) >= 11 is 1.62.